The fourth-order valence-corrected chi connectivity index (χ4v) is 1.70. The summed E-state index contributed by atoms with van der Waals surface area (Å²) >= 11 is 0. The number of methoxy groups -OCH3 is 1. The Balaban J connectivity index is 2.05. The van der Waals surface area contributed by atoms with Gasteiger partial charge in [0, 0.05) is 7.11 Å². The topological polar surface area (TPSA) is 56.8 Å². The summed E-state index contributed by atoms with van der Waals surface area (Å²) in [6.07, 6.45) is -0.457. The summed E-state index contributed by atoms with van der Waals surface area (Å²) < 4.78 is 15.5. The van der Waals surface area contributed by atoms with E-state index in [0.717, 1.165) is 11.3 Å². The van der Waals surface area contributed by atoms with Gasteiger partial charge in [-0.1, -0.05) is 6.07 Å². The van der Waals surface area contributed by atoms with E-state index in [2.05, 4.69) is 5.32 Å². The summed E-state index contributed by atoms with van der Waals surface area (Å²) in [5.41, 5.74) is 0.968. The van der Waals surface area contributed by atoms with Crippen LogP contribution in [-0.4, -0.2) is 25.9 Å². The van der Waals surface area contributed by atoms with Crippen LogP contribution in [-0.2, 0) is 9.53 Å². The van der Waals surface area contributed by atoms with Gasteiger partial charge in [-0.2, -0.15) is 0 Å². The molecule has 0 fully saturated rings. The Bertz CT molecular complexity index is 447. The molecule has 0 radical (unpaired) electrons. The number of nitrogens with one attached hydrogen (secondary N) is 1. The molecule has 5 nitrogen and oxygen atoms in total. The molecular formula is C13H17NO4. The zero-order chi connectivity index (χ0) is 13.1. The lowest BCUT2D eigenvalue weighted by atomic mass is 10.1. The highest BCUT2D eigenvalue weighted by atomic mass is 16.7. The molecule has 0 spiro atoms. The fourth-order valence-electron chi connectivity index (χ4n) is 1.70. The van der Waals surface area contributed by atoms with Crippen LogP contribution < -0.4 is 14.8 Å². The number of fused-ring (bicyclic) bond motifs is 1. The normalized spacial score (nSPS) is 16.2. The summed E-state index contributed by atoms with van der Waals surface area (Å²) in [5.74, 6) is 1.32. The van der Waals surface area contributed by atoms with Crippen LogP contribution in [0, 0.1) is 0 Å². The monoisotopic (exact) mass is 251 g/mol. The quantitative estimate of drug-likeness (QED) is 0.883. The molecule has 1 aromatic carbocycles. The maximum Gasteiger partial charge on any atom is 0.249 e. The van der Waals surface area contributed by atoms with E-state index in [1.54, 1.807) is 6.92 Å². The van der Waals surface area contributed by atoms with Crippen molar-refractivity contribution in [3.8, 4) is 11.5 Å². The second-order valence-corrected chi connectivity index (χ2v) is 4.22. The number of hydrogen-bond donors (Lipinski definition) is 1. The first kappa shape index (κ1) is 12.7. The summed E-state index contributed by atoms with van der Waals surface area (Å²) in [6.45, 7) is 3.87. The van der Waals surface area contributed by atoms with Gasteiger partial charge in [0.2, 0.25) is 12.7 Å². The van der Waals surface area contributed by atoms with E-state index in [1.807, 2.05) is 25.1 Å². The smallest absolute Gasteiger partial charge is 0.249 e. The minimum Gasteiger partial charge on any atom is -0.454 e. The van der Waals surface area contributed by atoms with Gasteiger partial charge in [0.15, 0.2) is 11.5 Å². The molecule has 2 unspecified atom stereocenters. The number of hydrogen-bond acceptors (Lipinski definition) is 4. The molecule has 0 bridgehead atoms. The fraction of sp³-hybridized carbons (Fsp3) is 0.462. The Morgan fingerprint density at radius 2 is 2.06 bits per heavy atom. The van der Waals surface area contributed by atoms with Gasteiger partial charge in [0.05, 0.1) is 6.04 Å². The third kappa shape index (κ3) is 2.56. The van der Waals surface area contributed by atoms with E-state index in [9.17, 15) is 4.79 Å². The SMILES string of the molecule is COC(C)C(=O)NC(C)c1ccc2c(c1)OCO2. The van der Waals surface area contributed by atoms with Gasteiger partial charge in [-0.25, -0.2) is 0 Å². The van der Waals surface area contributed by atoms with Crippen molar-refractivity contribution >= 4 is 5.91 Å². The first-order chi connectivity index (χ1) is 8.61. The van der Waals surface area contributed by atoms with Crippen LogP contribution >= 0.6 is 0 Å². The molecule has 2 rings (SSSR count). The molecule has 0 aliphatic carbocycles. The molecule has 98 valence electrons. The van der Waals surface area contributed by atoms with Crippen molar-refractivity contribution in [2.45, 2.75) is 26.0 Å². The maximum absolute atomic E-state index is 11.7. The Morgan fingerprint density at radius 3 is 2.78 bits per heavy atom. The maximum atomic E-state index is 11.7. The molecule has 1 aromatic rings. The van der Waals surface area contributed by atoms with E-state index < -0.39 is 6.10 Å². The average molecular weight is 251 g/mol. The summed E-state index contributed by atoms with van der Waals surface area (Å²) in [6, 6.07) is 5.53. The average Bonchev–Trinajstić information content (AvgIpc) is 2.84. The standard InChI is InChI=1S/C13H17NO4/c1-8(14-13(15)9(2)16-3)10-4-5-11-12(6-10)18-7-17-11/h4-6,8-9H,7H2,1-3H3,(H,14,15). The first-order valence-electron chi connectivity index (χ1n) is 5.84. The van der Waals surface area contributed by atoms with Crippen LogP contribution in [0.2, 0.25) is 0 Å². The van der Waals surface area contributed by atoms with Crippen LogP contribution in [0.25, 0.3) is 0 Å². The highest BCUT2D eigenvalue weighted by molar-refractivity contribution is 5.80. The predicted molar refractivity (Wildman–Crippen MR) is 65.6 cm³/mol. The zero-order valence-corrected chi connectivity index (χ0v) is 10.7. The number of benzene rings is 1. The summed E-state index contributed by atoms with van der Waals surface area (Å²) in [7, 11) is 1.51. The molecule has 0 saturated heterocycles. The predicted octanol–water partition coefficient (Wildman–Crippen LogP) is 1.63. The highest BCUT2D eigenvalue weighted by Gasteiger charge is 2.18. The number of amides is 1. The van der Waals surface area contributed by atoms with Crippen LogP contribution in [0.1, 0.15) is 25.5 Å². The van der Waals surface area contributed by atoms with Gasteiger partial charge in [0.1, 0.15) is 6.10 Å². The molecule has 2 atom stereocenters. The van der Waals surface area contributed by atoms with Crippen molar-refractivity contribution in [3.63, 3.8) is 0 Å². The second kappa shape index (κ2) is 5.27. The third-order valence-electron chi connectivity index (χ3n) is 2.98. The molecule has 18 heavy (non-hydrogen) atoms. The van der Waals surface area contributed by atoms with E-state index in [0.29, 0.717) is 5.75 Å². The van der Waals surface area contributed by atoms with Crippen LogP contribution in [0.4, 0.5) is 0 Å². The largest absolute Gasteiger partial charge is 0.454 e. The Kier molecular flexibility index (Phi) is 3.72. The number of rotatable bonds is 4. The van der Waals surface area contributed by atoms with Crippen LogP contribution in [0.15, 0.2) is 18.2 Å². The molecule has 1 N–H and O–H groups in total. The molecular weight excluding hydrogens is 234 g/mol. The zero-order valence-electron chi connectivity index (χ0n) is 10.7. The van der Waals surface area contributed by atoms with Gasteiger partial charge in [-0.3, -0.25) is 4.79 Å². The number of ether oxygens (including phenoxy) is 3. The number of carbonyl (C=O) groups excluding carboxylic acids is 1. The molecule has 1 heterocycles. The minimum absolute atomic E-state index is 0.107. The van der Waals surface area contributed by atoms with E-state index in [1.165, 1.54) is 7.11 Å². The summed E-state index contributed by atoms with van der Waals surface area (Å²) in [4.78, 5) is 11.7. The van der Waals surface area contributed by atoms with E-state index in [4.69, 9.17) is 14.2 Å². The van der Waals surface area contributed by atoms with Crippen LogP contribution in [0.3, 0.4) is 0 Å². The molecule has 5 heteroatoms. The molecule has 0 aromatic heterocycles. The van der Waals surface area contributed by atoms with Gasteiger partial charge < -0.3 is 19.5 Å². The molecule has 0 saturated carbocycles. The highest BCUT2D eigenvalue weighted by Crippen LogP contribution is 2.34. The molecule has 1 aliphatic heterocycles. The first-order valence-corrected chi connectivity index (χ1v) is 5.84. The van der Waals surface area contributed by atoms with Crippen LogP contribution in [0.5, 0.6) is 11.5 Å². The van der Waals surface area contributed by atoms with Gasteiger partial charge in [-0.15, -0.1) is 0 Å². The Hall–Kier alpha value is -1.75. The van der Waals surface area contributed by atoms with E-state index in [-0.39, 0.29) is 18.7 Å². The Morgan fingerprint density at radius 1 is 1.33 bits per heavy atom. The van der Waals surface area contributed by atoms with Crippen molar-refractivity contribution in [3.05, 3.63) is 23.8 Å². The Labute approximate surface area is 106 Å². The van der Waals surface area contributed by atoms with Crippen molar-refractivity contribution in [2.75, 3.05) is 13.9 Å². The van der Waals surface area contributed by atoms with Gasteiger partial charge in [-0.05, 0) is 31.5 Å². The van der Waals surface area contributed by atoms with Gasteiger partial charge >= 0.3 is 0 Å². The van der Waals surface area contributed by atoms with Crippen molar-refractivity contribution in [2.24, 2.45) is 0 Å². The minimum atomic E-state index is -0.457. The van der Waals surface area contributed by atoms with Crippen molar-refractivity contribution in [1.82, 2.24) is 5.32 Å². The number of carbonyl (C=O) groups is 1. The van der Waals surface area contributed by atoms with Crippen molar-refractivity contribution < 1.29 is 19.0 Å². The lowest BCUT2D eigenvalue weighted by Crippen LogP contribution is -2.35. The second-order valence-electron chi connectivity index (χ2n) is 4.22. The lowest BCUT2D eigenvalue weighted by molar-refractivity contribution is -0.130. The molecule has 1 amide bonds. The van der Waals surface area contributed by atoms with Gasteiger partial charge in [0.25, 0.3) is 0 Å². The summed E-state index contributed by atoms with van der Waals surface area (Å²) in [5, 5.41) is 2.88. The third-order valence-corrected chi connectivity index (χ3v) is 2.98. The lowest BCUT2D eigenvalue weighted by Gasteiger charge is -2.17. The van der Waals surface area contributed by atoms with Crippen molar-refractivity contribution in [1.29, 1.82) is 0 Å². The molecule has 1 aliphatic rings. The van der Waals surface area contributed by atoms with E-state index >= 15 is 0 Å².